The molecule has 1 aliphatic rings. The van der Waals surface area contributed by atoms with Gasteiger partial charge in [-0.25, -0.2) is 4.79 Å². The molecule has 0 spiro atoms. The number of ether oxygens (including phenoxy) is 1. The van der Waals surface area contributed by atoms with E-state index < -0.39 is 5.72 Å². The van der Waals surface area contributed by atoms with Crippen LogP contribution in [0, 0.1) is 0 Å². The van der Waals surface area contributed by atoms with Crippen molar-refractivity contribution in [2.45, 2.75) is 12.3 Å². The van der Waals surface area contributed by atoms with Gasteiger partial charge in [0.25, 0.3) is 0 Å². The van der Waals surface area contributed by atoms with E-state index in [-0.39, 0.29) is 5.97 Å². The minimum atomic E-state index is -0.994. The lowest BCUT2D eigenvalue weighted by Gasteiger charge is -2.30. The van der Waals surface area contributed by atoms with Crippen molar-refractivity contribution in [2.75, 3.05) is 0 Å². The Hall–Kier alpha value is -2.98. The number of hydrogen-bond donors (Lipinski definition) is 1. The van der Waals surface area contributed by atoms with E-state index in [4.69, 9.17) is 4.74 Å². The Labute approximate surface area is 140 Å². The number of carbonyl (C=O) groups excluding carboxylic acids is 1. The van der Waals surface area contributed by atoms with Gasteiger partial charge >= 0.3 is 5.97 Å². The van der Waals surface area contributed by atoms with E-state index in [1.54, 1.807) is 12.3 Å². The number of nitrogens with one attached hydrogen (secondary N) is 1. The van der Waals surface area contributed by atoms with Gasteiger partial charge in [0.2, 0.25) is 5.72 Å². The summed E-state index contributed by atoms with van der Waals surface area (Å²) in [4.78, 5) is 16.7. The fraction of sp³-hybridized carbons (Fsp3) is 0.100. The standard InChI is InChI=1S/C20H16N2O2/c23-19-17-11-4-5-12-18(17)20(24-19,15-8-2-1-3-9-15)22-14-16-10-6-7-13-21-16/h1-13,22H,14H2. The number of nitrogens with zero attached hydrogens (tertiary/aromatic N) is 1. The van der Waals surface area contributed by atoms with E-state index >= 15 is 0 Å². The summed E-state index contributed by atoms with van der Waals surface area (Å²) in [5, 5.41) is 3.41. The molecule has 4 heteroatoms. The van der Waals surface area contributed by atoms with Crippen molar-refractivity contribution in [1.82, 2.24) is 10.3 Å². The number of fused-ring (bicyclic) bond motifs is 1. The largest absolute Gasteiger partial charge is 0.431 e. The molecule has 24 heavy (non-hydrogen) atoms. The average Bonchev–Trinajstić information content (AvgIpc) is 2.95. The molecule has 0 aliphatic carbocycles. The molecule has 1 atom stereocenters. The Morgan fingerprint density at radius 3 is 2.46 bits per heavy atom. The number of pyridine rings is 1. The van der Waals surface area contributed by atoms with E-state index in [9.17, 15) is 4.79 Å². The van der Waals surface area contributed by atoms with Gasteiger partial charge in [-0.05, 0) is 18.2 Å². The Kier molecular flexibility index (Phi) is 3.59. The fourth-order valence-corrected chi connectivity index (χ4v) is 3.06. The predicted octanol–water partition coefficient (Wildman–Crippen LogP) is 3.24. The van der Waals surface area contributed by atoms with Crippen LogP contribution < -0.4 is 5.32 Å². The molecule has 1 unspecified atom stereocenters. The summed E-state index contributed by atoms with van der Waals surface area (Å²) in [6.07, 6.45) is 1.75. The van der Waals surface area contributed by atoms with Crippen LogP contribution in [0.2, 0.25) is 0 Å². The molecule has 1 aliphatic heterocycles. The quantitative estimate of drug-likeness (QED) is 0.751. The molecule has 2 aromatic carbocycles. The maximum absolute atomic E-state index is 12.4. The monoisotopic (exact) mass is 316 g/mol. The topological polar surface area (TPSA) is 51.2 Å². The van der Waals surface area contributed by atoms with Crippen LogP contribution in [0.15, 0.2) is 79.0 Å². The van der Waals surface area contributed by atoms with Gasteiger partial charge in [0.1, 0.15) is 0 Å². The number of cyclic esters (lactones) is 1. The highest BCUT2D eigenvalue weighted by Gasteiger charge is 2.46. The smallest absolute Gasteiger partial charge is 0.340 e. The highest BCUT2D eigenvalue weighted by atomic mass is 16.6. The Balaban J connectivity index is 1.79. The number of hydrogen-bond acceptors (Lipinski definition) is 4. The van der Waals surface area contributed by atoms with Crippen molar-refractivity contribution in [1.29, 1.82) is 0 Å². The molecule has 0 saturated heterocycles. The third-order valence-corrected chi connectivity index (χ3v) is 4.20. The van der Waals surface area contributed by atoms with E-state index in [2.05, 4.69) is 10.3 Å². The lowest BCUT2D eigenvalue weighted by atomic mass is 9.92. The van der Waals surface area contributed by atoms with Crippen LogP contribution in [0.5, 0.6) is 0 Å². The summed E-state index contributed by atoms with van der Waals surface area (Å²) in [7, 11) is 0. The Bertz CT molecular complexity index is 865. The summed E-state index contributed by atoms with van der Waals surface area (Å²) in [6.45, 7) is 0.483. The van der Waals surface area contributed by atoms with Gasteiger partial charge in [-0.15, -0.1) is 0 Å². The highest BCUT2D eigenvalue weighted by Crippen LogP contribution is 2.39. The molecule has 0 bridgehead atoms. The summed E-state index contributed by atoms with van der Waals surface area (Å²) < 4.78 is 5.85. The van der Waals surface area contributed by atoms with E-state index in [0.29, 0.717) is 12.1 Å². The zero-order valence-corrected chi connectivity index (χ0v) is 13.0. The molecule has 1 aromatic heterocycles. The lowest BCUT2D eigenvalue weighted by molar-refractivity contribution is -0.00600. The Morgan fingerprint density at radius 2 is 1.67 bits per heavy atom. The molecule has 0 amide bonds. The lowest BCUT2D eigenvalue weighted by Crippen LogP contribution is -2.43. The first-order chi connectivity index (χ1) is 11.8. The maximum Gasteiger partial charge on any atom is 0.340 e. The van der Waals surface area contributed by atoms with Crippen LogP contribution in [0.4, 0.5) is 0 Å². The van der Waals surface area contributed by atoms with Gasteiger partial charge in [-0.3, -0.25) is 10.3 Å². The third-order valence-electron chi connectivity index (χ3n) is 4.20. The summed E-state index contributed by atoms with van der Waals surface area (Å²) in [5.41, 5.74) is 2.20. The number of carbonyl (C=O) groups is 1. The van der Waals surface area contributed by atoms with Gasteiger partial charge in [-0.2, -0.15) is 0 Å². The van der Waals surface area contributed by atoms with Crippen molar-refractivity contribution in [3.05, 3.63) is 101 Å². The third kappa shape index (κ3) is 2.37. The Morgan fingerprint density at radius 1 is 0.917 bits per heavy atom. The molecule has 118 valence electrons. The molecule has 2 heterocycles. The molecule has 4 rings (SSSR count). The van der Waals surface area contributed by atoms with E-state index in [1.165, 1.54) is 0 Å². The summed E-state index contributed by atoms with van der Waals surface area (Å²) in [6, 6.07) is 23.0. The molecule has 4 nitrogen and oxygen atoms in total. The van der Waals surface area contributed by atoms with Crippen LogP contribution in [0.3, 0.4) is 0 Å². The highest BCUT2D eigenvalue weighted by molar-refractivity contribution is 5.95. The second-order valence-corrected chi connectivity index (χ2v) is 5.66. The van der Waals surface area contributed by atoms with Crippen molar-refractivity contribution in [3.8, 4) is 0 Å². The van der Waals surface area contributed by atoms with Gasteiger partial charge in [0.15, 0.2) is 0 Å². The first kappa shape index (κ1) is 14.6. The van der Waals surface area contributed by atoms with Crippen LogP contribution in [0.25, 0.3) is 0 Å². The maximum atomic E-state index is 12.4. The molecule has 0 saturated carbocycles. The number of aromatic nitrogens is 1. The number of benzene rings is 2. The predicted molar refractivity (Wildman–Crippen MR) is 90.2 cm³/mol. The fourth-order valence-electron chi connectivity index (χ4n) is 3.06. The van der Waals surface area contributed by atoms with E-state index in [1.807, 2.05) is 66.7 Å². The van der Waals surface area contributed by atoms with Crippen LogP contribution in [-0.4, -0.2) is 11.0 Å². The zero-order valence-electron chi connectivity index (χ0n) is 13.0. The molecule has 0 fully saturated rings. The SMILES string of the molecule is O=C1OC(NCc2ccccn2)(c2ccccc2)c2ccccc21. The van der Waals surface area contributed by atoms with Crippen LogP contribution in [0.1, 0.15) is 27.2 Å². The van der Waals surface area contributed by atoms with Crippen molar-refractivity contribution in [3.63, 3.8) is 0 Å². The second kappa shape index (κ2) is 5.91. The minimum Gasteiger partial charge on any atom is -0.431 e. The molecular weight excluding hydrogens is 300 g/mol. The normalized spacial score (nSPS) is 18.9. The molecular formula is C20H16N2O2. The van der Waals surface area contributed by atoms with Crippen LogP contribution >= 0.6 is 0 Å². The first-order valence-electron chi connectivity index (χ1n) is 7.83. The zero-order chi connectivity index (χ0) is 16.4. The van der Waals surface area contributed by atoms with Crippen molar-refractivity contribution < 1.29 is 9.53 Å². The molecule has 1 N–H and O–H groups in total. The number of esters is 1. The van der Waals surface area contributed by atoms with Crippen molar-refractivity contribution >= 4 is 5.97 Å². The number of rotatable bonds is 4. The minimum absolute atomic E-state index is 0.317. The van der Waals surface area contributed by atoms with Gasteiger partial charge in [0.05, 0.1) is 11.3 Å². The first-order valence-corrected chi connectivity index (χ1v) is 7.83. The van der Waals surface area contributed by atoms with Gasteiger partial charge in [0, 0.05) is 23.9 Å². The average molecular weight is 316 g/mol. The van der Waals surface area contributed by atoms with Crippen LogP contribution in [-0.2, 0) is 17.0 Å². The summed E-state index contributed by atoms with van der Waals surface area (Å²) in [5.74, 6) is -0.317. The van der Waals surface area contributed by atoms with Gasteiger partial charge in [-0.1, -0.05) is 54.6 Å². The molecule has 3 aromatic rings. The van der Waals surface area contributed by atoms with E-state index in [0.717, 1.165) is 16.8 Å². The summed E-state index contributed by atoms with van der Waals surface area (Å²) >= 11 is 0. The van der Waals surface area contributed by atoms with Crippen molar-refractivity contribution in [2.24, 2.45) is 0 Å². The van der Waals surface area contributed by atoms with Gasteiger partial charge < -0.3 is 4.74 Å². The second-order valence-electron chi connectivity index (χ2n) is 5.66. The molecule has 0 radical (unpaired) electrons.